The van der Waals surface area contributed by atoms with E-state index in [0.29, 0.717) is 21.9 Å². The zero-order chi connectivity index (χ0) is 19.6. The van der Waals surface area contributed by atoms with Gasteiger partial charge in [-0.1, -0.05) is 29.8 Å². The molecule has 138 valence electrons. The lowest BCUT2D eigenvalue weighted by molar-refractivity contribution is -0.112. The number of nitrogens with zero attached hydrogens (tertiary/aromatic N) is 1. The normalized spacial score (nSPS) is 11.9. The molecule has 0 unspecified atom stereocenters. The Morgan fingerprint density at radius 2 is 2.07 bits per heavy atom. The average Bonchev–Trinajstić information content (AvgIpc) is 3.22. The quantitative estimate of drug-likeness (QED) is 0.394. The number of thiophene rings is 1. The Balaban J connectivity index is 1.90. The van der Waals surface area contributed by atoms with Crippen molar-refractivity contribution in [2.24, 2.45) is 0 Å². The van der Waals surface area contributed by atoms with E-state index in [0.717, 1.165) is 27.3 Å². The lowest BCUT2D eigenvalue weighted by atomic mass is 10.1. The minimum atomic E-state index is -0.293. The number of hydrogen-bond donors (Lipinski definition) is 2. The minimum absolute atomic E-state index is 0.293. The number of rotatable bonds is 5. The molecule has 0 aliphatic heterocycles. The zero-order valence-electron chi connectivity index (χ0n) is 15.4. The van der Waals surface area contributed by atoms with Crippen molar-refractivity contribution in [3.8, 4) is 10.7 Å². The lowest BCUT2D eigenvalue weighted by Crippen LogP contribution is -2.16. The van der Waals surface area contributed by atoms with Crippen molar-refractivity contribution in [3.63, 3.8) is 0 Å². The highest BCUT2D eigenvalue weighted by Crippen LogP contribution is 2.27. The summed E-state index contributed by atoms with van der Waals surface area (Å²) in [7, 11) is 0. The Morgan fingerprint density at radius 1 is 1.30 bits per heavy atom. The number of imidazole rings is 1. The maximum atomic E-state index is 12.7. The summed E-state index contributed by atoms with van der Waals surface area (Å²) in [6, 6.07) is 9.57. The van der Waals surface area contributed by atoms with Gasteiger partial charge in [-0.25, -0.2) is 4.98 Å². The summed E-state index contributed by atoms with van der Waals surface area (Å²) in [5.41, 5.74) is 4.33. The first kappa shape index (κ1) is 19.1. The molecule has 2 heterocycles. The van der Waals surface area contributed by atoms with Crippen molar-refractivity contribution < 1.29 is 4.79 Å². The van der Waals surface area contributed by atoms with E-state index in [-0.39, 0.29) is 5.91 Å². The summed E-state index contributed by atoms with van der Waals surface area (Å²) in [6.07, 6.45) is 1.76. The summed E-state index contributed by atoms with van der Waals surface area (Å²) >= 11 is 7.94. The molecule has 3 rings (SSSR count). The van der Waals surface area contributed by atoms with Crippen molar-refractivity contribution in [1.82, 2.24) is 9.97 Å². The highest BCUT2D eigenvalue weighted by Gasteiger charge is 2.15. The Kier molecular flexibility index (Phi) is 5.63. The number of H-pyrrole nitrogens is 1. The molecule has 3 aromatic rings. The highest BCUT2D eigenvalue weighted by molar-refractivity contribution is 7.13. The molecule has 2 N–H and O–H groups in total. The van der Waals surface area contributed by atoms with Crippen LogP contribution < -0.4 is 5.32 Å². The summed E-state index contributed by atoms with van der Waals surface area (Å²) in [4.78, 5) is 21.7. The lowest BCUT2D eigenvalue weighted by Gasteiger charge is -2.10. The fraction of sp³-hybridized carbons (Fsp3) is 0.143. The molecule has 0 bridgehead atoms. The van der Waals surface area contributed by atoms with Crippen molar-refractivity contribution in [3.05, 3.63) is 70.1 Å². The fourth-order valence-corrected chi connectivity index (χ4v) is 3.77. The van der Waals surface area contributed by atoms with Gasteiger partial charge in [0.25, 0.3) is 5.91 Å². The fourth-order valence-electron chi connectivity index (χ4n) is 2.64. The van der Waals surface area contributed by atoms with Crippen molar-refractivity contribution in [2.75, 3.05) is 5.32 Å². The van der Waals surface area contributed by atoms with Gasteiger partial charge in [0.1, 0.15) is 5.82 Å². The molecule has 27 heavy (non-hydrogen) atoms. The van der Waals surface area contributed by atoms with Crippen molar-refractivity contribution in [1.29, 1.82) is 0 Å². The molecule has 4 nitrogen and oxygen atoms in total. The first-order valence-corrected chi connectivity index (χ1v) is 9.66. The topological polar surface area (TPSA) is 57.8 Å². The maximum absolute atomic E-state index is 12.7. The molecule has 0 saturated carbocycles. The second-order valence-corrected chi connectivity index (χ2v) is 7.83. The number of aromatic nitrogens is 2. The van der Waals surface area contributed by atoms with Crippen LogP contribution in [0.5, 0.6) is 0 Å². The van der Waals surface area contributed by atoms with Gasteiger partial charge < -0.3 is 10.3 Å². The van der Waals surface area contributed by atoms with Gasteiger partial charge in [-0.3, -0.25) is 4.79 Å². The number of hydrogen-bond acceptors (Lipinski definition) is 3. The number of carbonyl (C=O) groups excluding carboxylic acids is 1. The van der Waals surface area contributed by atoms with Gasteiger partial charge in [0.15, 0.2) is 0 Å². The molecule has 0 aliphatic rings. The molecule has 2 aromatic heterocycles. The van der Waals surface area contributed by atoms with Crippen LogP contribution in [0.1, 0.15) is 20.8 Å². The van der Waals surface area contributed by atoms with Crippen LogP contribution in [0.3, 0.4) is 0 Å². The third kappa shape index (κ3) is 4.38. The van der Waals surface area contributed by atoms with Crippen LogP contribution in [0.2, 0.25) is 0 Å². The summed E-state index contributed by atoms with van der Waals surface area (Å²) in [6.45, 7) is 9.49. The van der Waals surface area contributed by atoms with Crippen LogP contribution >= 0.6 is 22.9 Å². The van der Waals surface area contributed by atoms with Crippen LogP contribution in [0.25, 0.3) is 21.7 Å². The van der Waals surface area contributed by atoms with E-state index in [4.69, 9.17) is 11.6 Å². The Hall–Kier alpha value is -2.63. The van der Waals surface area contributed by atoms with Gasteiger partial charge in [-0.05, 0) is 62.1 Å². The van der Waals surface area contributed by atoms with Crippen LogP contribution in [0.4, 0.5) is 5.69 Å². The number of halogens is 1. The molecular formula is C21H20ClN3OS. The number of anilines is 1. The highest BCUT2D eigenvalue weighted by atomic mass is 35.5. The molecule has 0 spiro atoms. The van der Waals surface area contributed by atoms with Crippen LogP contribution in [-0.4, -0.2) is 15.9 Å². The molecular weight excluding hydrogens is 378 g/mol. The zero-order valence-corrected chi connectivity index (χ0v) is 17.0. The minimum Gasteiger partial charge on any atom is -0.337 e. The van der Waals surface area contributed by atoms with Crippen LogP contribution in [-0.2, 0) is 4.79 Å². The first-order chi connectivity index (χ1) is 12.8. The van der Waals surface area contributed by atoms with E-state index >= 15 is 0 Å². The number of amides is 1. The van der Waals surface area contributed by atoms with Gasteiger partial charge in [-0.15, -0.1) is 11.3 Å². The number of aromatic amines is 1. The van der Waals surface area contributed by atoms with E-state index in [1.165, 1.54) is 0 Å². The predicted molar refractivity (Wildman–Crippen MR) is 115 cm³/mol. The molecule has 1 amide bonds. The Labute approximate surface area is 167 Å². The molecule has 0 atom stereocenters. The Morgan fingerprint density at radius 3 is 2.70 bits per heavy atom. The van der Waals surface area contributed by atoms with Crippen LogP contribution in [0, 0.1) is 0 Å². The number of fused-ring (bicyclic) bond motifs is 1. The SMILES string of the molecule is C=C(C)/C(C(=O)Nc1ccc2[nH]c(-c3cccs3)nc2c1)=C(/Cl)C=C(C)C. The van der Waals surface area contributed by atoms with Gasteiger partial charge in [0, 0.05) is 5.69 Å². The molecule has 6 heteroatoms. The molecule has 0 fully saturated rings. The number of allylic oxidation sites excluding steroid dienone is 3. The van der Waals surface area contributed by atoms with E-state index in [1.807, 2.05) is 49.6 Å². The van der Waals surface area contributed by atoms with Gasteiger partial charge in [0.05, 0.1) is 26.5 Å². The summed E-state index contributed by atoms with van der Waals surface area (Å²) < 4.78 is 0. The number of benzene rings is 1. The van der Waals surface area contributed by atoms with Gasteiger partial charge >= 0.3 is 0 Å². The standard InChI is InChI=1S/C21H20ClN3OS/c1-12(2)10-15(22)19(13(3)4)21(26)23-14-7-8-16-17(11-14)25-20(24-16)18-6-5-9-27-18/h5-11H,3H2,1-2,4H3,(H,23,26)(H,24,25)/b19-15-. The second kappa shape index (κ2) is 7.94. The third-order valence-electron chi connectivity index (χ3n) is 3.80. The predicted octanol–water partition coefficient (Wildman–Crippen LogP) is 6.27. The number of nitrogens with one attached hydrogen (secondary N) is 2. The maximum Gasteiger partial charge on any atom is 0.257 e. The first-order valence-electron chi connectivity index (χ1n) is 8.40. The Bertz CT molecular complexity index is 1070. The van der Waals surface area contributed by atoms with E-state index < -0.39 is 0 Å². The van der Waals surface area contributed by atoms with E-state index in [9.17, 15) is 4.79 Å². The largest absolute Gasteiger partial charge is 0.337 e. The molecule has 0 saturated heterocycles. The smallest absolute Gasteiger partial charge is 0.257 e. The second-order valence-electron chi connectivity index (χ2n) is 6.47. The van der Waals surface area contributed by atoms with Gasteiger partial charge in [0.2, 0.25) is 0 Å². The van der Waals surface area contributed by atoms with Crippen LogP contribution in [0.15, 0.2) is 70.1 Å². The van der Waals surface area contributed by atoms with Gasteiger partial charge in [-0.2, -0.15) is 0 Å². The van der Waals surface area contributed by atoms with Crippen molar-refractivity contribution >= 4 is 45.6 Å². The molecule has 0 aliphatic carbocycles. The molecule has 1 aromatic carbocycles. The van der Waals surface area contributed by atoms with E-state index in [2.05, 4.69) is 21.9 Å². The number of carbonyl (C=O) groups is 1. The van der Waals surface area contributed by atoms with E-state index in [1.54, 1.807) is 24.3 Å². The molecule has 0 radical (unpaired) electrons. The monoisotopic (exact) mass is 397 g/mol. The van der Waals surface area contributed by atoms with Crippen molar-refractivity contribution in [2.45, 2.75) is 20.8 Å². The average molecular weight is 398 g/mol. The summed E-state index contributed by atoms with van der Waals surface area (Å²) in [5.74, 6) is 0.524. The summed E-state index contributed by atoms with van der Waals surface area (Å²) in [5, 5.41) is 5.28. The third-order valence-corrected chi connectivity index (χ3v) is 4.98.